The van der Waals surface area contributed by atoms with Gasteiger partial charge in [0.05, 0.1) is 17.6 Å². The number of carbonyl (C=O) groups is 1. The minimum absolute atomic E-state index is 0.0820. The van der Waals surface area contributed by atoms with E-state index in [1.165, 1.54) is 6.33 Å². The predicted molar refractivity (Wildman–Crippen MR) is 63.2 cm³/mol. The van der Waals surface area contributed by atoms with Crippen molar-refractivity contribution in [2.45, 2.75) is 12.8 Å². The molecule has 1 aromatic carbocycles. The lowest BCUT2D eigenvalue weighted by Gasteiger charge is -2.03. The van der Waals surface area contributed by atoms with Crippen LogP contribution in [-0.2, 0) is 11.2 Å². The number of aromatic nitrogens is 2. The Bertz CT molecular complexity index is 542. The first-order chi connectivity index (χ1) is 7.66. The smallest absolute Gasteiger partial charge is 0.303 e. The second kappa shape index (κ2) is 4.57. The van der Waals surface area contributed by atoms with E-state index in [2.05, 4.69) is 25.9 Å². The second-order valence-electron chi connectivity index (χ2n) is 3.38. The molecule has 4 nitrogen and oxygen atoms in total. The summed E-state index contributed by atoms with van der Waals surface area (Å²) in [6, 6.07) is 5.69. The molecule has 0 bridgehead atoms. The average Bonchev–Trinajstić information content (AvgIpc) is 2.26. The van der Waals surface area contributed by atoms with Crippen molar-refractivity contribution >= 4 is 32.8 Å². The van der Waals surface area contributed by atoms with Crippen molar-refractivity contribution in [1.82, 2.24) is 9.97 Å². The fraction of sp³-hybridized carbons (Fsp3) is 0.182. The van der Waals surface area contributed by atoms with Gasteiger partial charge in [-0.25, -0.2) is 9.97 Å². The Kier molecular flexibility index (Phi) is 3.14. The predicted octanol–water partition coefficient (Wildman–Crippen LogP) is 2.41. The van der Waals surface area contributed by atoms with Gasteiger partial charge in [0, 0.05) is 16.3 Å². The van der Waals surface area contributed by atoms with Crippen LogP contribution in [0.3, 0.4) is 0 Å². The Hall–Kier alpha value is -1.49. The number of hydrogen-bond acceptors (Lipinski definition) is 3. The zero-order chi connectivity index (χ0) is 11.5. The zero-order valence-electron chi connectivity index (χ0n) is 8.35. The van der Waals surface area contributed by atoms with Gasteiger partial charge in [-0.1, -0.05) is 15.9 Å². The summed E-state index contributed by atoms with van der Waals surface area (Å²) in [5.41, 5.74) is 1.60. The third-order valence-corrected chi connectivity index (χ3v) is 2.75. The van der Waals surface area contributed by atoms with E-state index in [1.807, 2.05) is 18.2 Å². The van der Waals surface area contributed by atoms with Crippen molar-refractivity contribution in [3.05, 3.63) is 34.7 Å². The lowest BCUT2D eigenvalue weighted by molar-refractivity contribution is -0.136. The maximum atomic E-state index is 10.5. The van der Waals surface area contributed by atoms with Crippen LogP contribution in [0.4, 0.5) is 0 Å². The van der Waals surface area contributed by atoms with Crippen molar-refractivity contribution in [1.29, 1.82) is 0 Å². The van der Waals surface area contributed by atoms with Crippen LogP contribution in [0.5, 0.6) is 0 Å². The molecule has 0 aliphatic carbocycles. The molecule has 0 amide bonds. The third-order valence-electron chi connectivity index (χ3n) is 2.26. The molecule has 5 heteroatoms. The van der Waals surface area contributed by atoms with Gasteiger partial charge in [0.2, 0.25) is 0 Å². The molecule has 82 valence electrons. The number of fused-ring (bicyclic) bond motifs is 1. The maximum Gasteiger partial charge on any atom is 0.303 e. The Morgan fingerprint density at radius 2 is 2.19 bits per heavy atom. The van der Waals surface area contributed by atoms with Crippen LogP contribution in [0.1, 0.15) is 12.1 Å². The van der Waals surface area contributed by atoms with E-state index >= 15 is 0 Å². The summed E-state index contributed by atoms with van der Waals surface area (Å²) in [5, 5.41) is 9.55. The van der Waals surface area contributed by atoms with Crippen molar-refractivity contribution < 1.29 is 9.90 Å². The van der Waals surface area contributed by atoms with E-state index in [4.69, 9.17) is 5.11 Å². The first kappa shape index (κ1) is 11.0. The highest BCUT2D eigenvalue weighted by atomic mass is 79.9. The van der Waals surface area contributed by atoms with E-state index in [-0.39, 0.29) is 6.42 Å². The second-order valence-corrected chi connectivity index (χ2v) is 4.29. The summed E-state index contributed by atoms with van der Waals surface area (Å²) in [6.07, 6.45) is 1.97. The number of benzene rings is 1. The Balaban J connectivity index is 2.43. The monoisotopic (exact) mass is 280 g/mol. The molecule has 0 atom stereocenters. The van der Waals surface area contributed by atoms with Gasteiger partial charge in [0.15, 0.2) is 0 Å². The van der Waals surface area contributed by atoms with Crippen LogP contribution in [0.2, 0.25) is 0 Å². The lowest BCUT2D eigenvalue weighted by Crippen LogP contribution is -2.00. The Morgan fingerprint density at radius 1 is 1.38 bits per heavy atom. The molecule has 0 saturated carbocycles. The van der Waals surface area contributed by atoms with E-state index in [0.29, 0.717) is 6.42 Å². The van der Waals surface area contributed by atoms with Crippen molar-refractivity contribution in [3.63, 3.8) is 0 Å². The molecule has 1 N–H and O–H groups in total. The molecule has 0 aliphatic heterocycles. The van der Waals surface area contributed by atoms with Crippen LogP contribution in [0.15, 0.2) is 29.0 Å². The molecule has 1 aromatic heterocycles. The largest absolute Gasteiger partial charge is 0.481 e. The van der Waals surface area contributed by atoms with E-state index in [0.717, 1.165) is 21.1 Å². The highest BCUT2D eigenvalue weighted by molar-refractivity contribution is 9.10. The number of carboxylic acids is 1. The molecule has 0 spiro atoms. The standard InChI is InChI=1S/C11H9BrN2O2/c12-7-1-2-9-8(5-7)10(14-6-13-9)3-4-11(15)16/h1-2,5-6H,3-4H2,(H,15,16). The fourth-order valence-corrected chi connectivity index (χ4v) is 1.87. The molecular weight excluding hydrogens is 272 g/mol. The van der Waals surface area contributed by atoms with Crippen LogP contribution < -0.4 is 0 Å². The summed E-state index contributed by atoms with van der Waals surface area (Å²) in [4.78, 5) is 18.8. The van der Waals surface area contributed by atoms with E-state index in [9.17, 15) is 4.79 Å². The SMILES string of the molecule is O=C(O)CCc1ncnc2ccc(Br)cc12. The van der Waals surface area contributed by atoms with E-state index in [1.54, 1.807) is 0 Å². The Morgan fingerprint density at radius 3 is 2.94 bits per heavy atom. The van der Waals surface area contributed by atoms with Crippen molar-refractivity contribution in [2.24, 2.45) is 0 Å². The first-order valence-electron chi connectivity index (χ1n) is 4.78. The topological polar surface area (TPSA) is 63.1 Å². The molecule has 1 heterocycles. The third kappa shape index (κ3) is 2.36. The van der Waals surface area contributed by atoms with Gasteiger partial charge in [-0.15, -0.1) is 0 Å². The molecule has 0 saturated heterocycles. The number of carboxylic acid groups (broad SMARTS) is 1. The summed E-state index contributed by atoms with van der Waals surface area (Å²) in [5.74, 6) is -0.818. The number of aryl methyl sites for hydroxylation is 1. The van der Waals surface area contributed by atoms with Gasteiger partial charge < -0.3 is 5.11 Å². The number of aliphatic carboxylic acids is 1. The van der Waals surface area contributed by atoms with Crippen molar-refractivity contribution in [2.75, 3.05) is 0 Å². The number of rotatable bonds is 3. The first-order valence-corrected chi connectivity index (χ1v) is 5.57. The molecular formula is C11H9BrN2O2. The van der Waals surface area contributed by atoms with Gasteiger partial charge >= 0.3 is 5.97 Å². The number of halogens is 1. The summed E-state index contributed by atoms with van der Waals surface area (Å²) < 4.78 is 0.936. The minimum atomic E-state index is -0.818. The van der Waals surface area contributed by atoms with Gasteiger partial charge in [-0.2, -0.15) is 0 Å². The van der Waals surface area contributed by atoms with Gasteiger partial charge in [-0.3, -0.25) is 4.79 Å². The Labute approximate surface area is 100 Å². The zero-order valence-corrected chi connectivity index (χ0v) is 9.94. The molecule has 0 radical (unpaired) electrons. The average molecular weight is 281 g/mol. The maximum absolute atomic E-state index is 10.5. The number of hydrogen-bond donors (Lipinski definition) is 1. The summed E-state index contributed by atoms with van der Waals surface area (Å²) in [7, 11) is 0. The van der Waals surface area contributed by atoms with Gasteiger partial charge in [0.1, 0.15) is 6.33 Å². The van der Waals surface area contributed by atoms with E-state index < -0.39 is 5.97 Å². The fourth-order valence-electron chi connectivity index (χ4n) is 1.51. The number of nitrogens with zero attached hydrogens (tertiary/aromatic N) is 2. The van der Waals surface area contributed by atoms with Crippen molar-refractivity contribution in [3.8, 4) is 0 Å². The van der Waals surface area contributed by atoms with Gasteiger partial charge in [0.25, 0.3) is 0 Å². The van der Waals surface area contributed by atoms with Crippen LogP contribution in [0, 0.1) is 0 Å². The molecule has 2 aromatic rings. The summed E-state index contributed by atoms with van der Waals surface area (Å²) in [6.45, 7) is 0. The van der Waals surface area contributed by atoms with Gasteiger partial charge in [-0.05, 0) is 18.2 Å². The van der Waals surface area contributed by atoms with Crippen LogP contribution >= 0.6 is 15.9 Å². The quantitative estimate of drug-likeness (QED) is 0.938. The highest BCUT2D eigenvalue weighted by Crippen LogP contribution is 2.20. The normalized spacial score (nSPS) is 10.6. The van der Waals surface area contributed by atoms with Crippen LogP contribution in [0.25, 0.3) is 10.9 Å². The summed E-state index contributed by atoms with van der Waals surface area (Å²) >= 11 is 3.37. The lowest BCUT2D eigenvalue weighted by atomic mass is 10.1. The molecule has 0 aliphatic rings. The minimum Gasteiger partial charge on any atom is -0.481 e. The van der Waals surface area contributed by atoms with Crippen LogP contribution in [-0.4, -0.2) is 21.0 Å². The highest BCUT2D eigenvalue weighted by Gasteiger charge is 2.06. The molecule has 0 fully saturated rings. The molecule has 0 unspecified atom stereocenters. The molecule has 2 rings (SSSR count). The molecule has 16 heavy (non-hydrogen) atoms.